The first-order valence-corrected chi connectivity index (χ1v) is 8.26. The fraction of sp³-hybridized carbons (Fsp3) is 0.389. The summed E-state index contributed by atoms with van der Waals surface area (Å²) in [7, 11) is 0. The number of alkyl halides is 3. The molecule has 2 heterocycles. The summed E-state index contributed by atoms with van der Waals surface area (Å²) in [6.07, 6.45) is -2.93. The minimum absolute atomic E-state index is 0.0278. The van der Waals surface area contributed by atoms with Crippen molar-refractivity contribution in [2.75, 3.05) is 32.8 Å². The monoisotopic (exact) mass is 368 g/mol. The predicted molar refractivity (Wildman–Crippen MR) is 87.6 cm³/mol. The molecule has 5 nitrogen and oxygen atoms in total. The Morgan fingerprint density at radius 1 is 1.19 bits per heavy atom. The lowest BCUT2D eigenvalue weighted by atomic mass is 10.1. The van der Waals surface area contributed by atoms with E-state index in [0.29, 0.717) is 32.1 Å². The minimum atomic E-state index is -4.49. The highest BCUT2D eigenvalue weighted by Crippen LogP contribution is 2.29. The maximum absolute atomic E-state index is 12.8. The number of hydrogen-bond acceptors (Lipinski definition) is 4. The van der Waals surface area contributed by atoms with Crippen molar-refractivity contribution in [3.63, 3.8) is 0 Å². The molecule has 1 aliphatic rings. The molecule has 2 aromatic rings. The van der Waals surface area contributed by atoms with Crippen molar-refractivity contribution in [2.45, 2.75) is 12.2 Å². The number of carbonyl (C=O) groups is 1. The molecule has 26 heavy (non-hydrogen) atoms. The Morgan fingerprint density at radius 3 is 2.62 bits per heavy atom. The number of furan rings is 1. The smallest absolute Gasteiger partial charge is 0.416 e. The lowest BCUT2D eigenvalue weighted by Crippen LogP contribution is -2.43. The number of rotatable bonds is 5. The quantitative estimate of drug-likeness (QED) is 0.881. The normalized spacial score (nSPS) is 17.0. The Morgan fingerprint density at radius 2 is 1.96 bits per heavy atom. The van der Waals surface area contributed by atoms with Crippen LogP contribution in [0.25, 0.3) is 0 Å². The number of benzene rings is 1. The summed E-state index contributed by atoms with van der Waals surface area (Å²) in [5.74, 6) is 0.136. The van der Waals surface area contributed by atoms with Gasteiger partial charge in [0.2, 0.25) is 0 Å². The third-order valence-electron chi connectivity index (χ3n) is 4.27. The third kappa shape index (κ3) is 4.44. The summed E-state index contributed by atoms with van der Waals surface area (Å²) in [5.41, 5.74) is -0.874. The van der Waals surface area contributed by atoms with Gasteiger partial charge in [-0.15, -0.1) is 0 Å². The molecule has 1 aromatic carbocycles. The van der Waals surface area contributed by atoms with Crippen LogP contribution in [0.4, 0.5) is 13.2 Å². The zero-order chi connectivity index (χ0) is 18.6. The molecule has 0 saturated carbocycles. The van der Waals surface area contributed by atoms with Gasteiger partial charge in [-0.1, -0.05) is 6.07 Å². The highest BCUT2D eigenvalue weighted by molar-refractivity contribution is 5.94. The van der Waals surface area contributed by atoms with Crippen LogP contribution in [0.5, 0.6) is 0 Å². The Labute approximate surface area is 148 Å². The first-order chi connectivity index (χ1) is 12.4. The molecule has 0 radical (unpaired) electrons. The van der Waals surface area contributed by atoms with E-state index in [1.165, 1.54) is 12.1 Å². The summed E-state index contributed by atoms with van der Waals surface area (Å²) in [6.45, 7) is 2.76. The maximum Gasteiger partial charge on any atom is 0.416 e. The van der Waals surface area contributed by atoms with Crippen molar-refractivity contribution in [1.29, 1.82) is 0 Å². The summed E-state index contributed by atoms with van der Waals surface area (Å²) in [5, 5.41) is 2.71. The molecule has 1 fully saturated rings. The van der Waals surface area contributed by atoms with Crippen molar-refractivity contribution in [2.24, 2.45) is 0 Å². The van der Waals surface area contributed by atoms with Gasteiger partial charge >= 0.3 is 6.18 Å². The molecular formula is C18H19F3N2O3. The van der Waals surface area contributed by atoms with E-state index < -0.39 is 17.6 Å². The fourth-order valence-electron chi connectivity index (χ4n) is 2.91. The van der Waals surface area contributed by atoms with E-state index in [2.05, 4.69) is 10.2 Å². The number of nitrogens with one attached hydrogen (secondary N) is 1. The third-order valence-corrected chi connectivity index (χ3v) is 4.27. The summed E-state index contributed by atoms with van der Waals surface area (Å²) >= 11 is 0. The molecule has 1 saturated heterocycles. The Kier molecular flexibility index (Phi) is 5.63. The van der Waals surface area contributed by atoms with Gasteiger partial charge in [0.25, 0.3) is 5.91 Å². The second kappa shape index (κ2) is 7.92. The minimum Gasteiger partial charge on any atom is -0.468 e. The van der Waals surface area contributed by atoms with Crippen molar-refractivity contribution < 1.29 is 27.1 Å². The average Bonchev–Trinajstić information content (AvgIpc) is 3.16. The van der Waals surface area contributed by atoms with Crippen LogP contribution in [-0.4, -0.2) is 43.7 Å². The highest BCUT2D eigenvalue weighted by atomic mass is 19.4. The Balaban J connectivity index is 1.70. The molecule has 1 atom stereocenters. The van der Waals surface area contributed by atoms with Crippen molar-refractivity contribution in [3.8, 4) is 0 Å². The summed E-state index contributed by atoms with van der Waals surface area (Å²) in [4.78, 5) is 14.4. The van der Waals surface area contributed by atoms with E-state index >= 15 is 0 Å². The number of morpholine rings is 1. The van der Waals surface area contributed by atoms with Gasteiger partial charge in [-0.2, -0.15) is 13.2 Å². The van der Waals surface area contributed by atoms with E-state index in [1.807, 2.05) is 6.07 Å². The van der Waals surface area contributed by atoms with E-state index in [4.69, 9.17) is 9.15 Å². The molecule has 3 rings (SSSR count). The van der Waals surface area contributed by atoms with Crippen LogP contribution < -0.4 is 5.32 Å². The van der Waals surface area contributed by atoms with Crippen molar-refractivity contribution in [3.05, 3.63) is 59.5 Å². The van der Waals surface area contributed by atoms with Gasteiger partial charge in [0.1, 0.15) is 5.76 Å². The van der Waals surface area contributed by atoms with E-state index in [1.54, 1.807) is 12.3 Å². The van der Waals surface area contributed by atoms with Gasteiger partial charge in [-0.3, -0.25) is 9.69 Å². The van der Waals surface area contributed by atoms with Crippen LogP contribution in [0.1, 0.15) is 27.7 Å². The van der Waals surface area contributed by atoms with Crippen molar-refractivity contribution in [1.82, 2.24) is 10.2 Å². The van der Waals surface area contributed by atoms with E-state index in [0.717, 1.165) is 12.1 Å². The summed E-state index contributed by atoms with van der Waals surface area (Å²) in [6, 6.07) is 7.75. The predicted octanol–water partition coefficient (Wildman–Crippen LogP) is 3.10. The van der Waals surface area contributed by atoms with Crippen LogP contribution in [0.2, 0.25) is 0 Å². The van der Waals surface area contributed by atoms with Gasteiger partial charge in [-0.05, 0) is 30.3 Å². The molecule has 1 unspecified atom stereocenters. The number of ether oxygens (including phenoxy) is 1. The molecular weight excluding hydrogens is 349 g/mol. The number of carbonyl (C=O) groups excluding carboxylic acids is 1. The Bertz CT molecular complexity index is 726. The molecule has 1 aromatic heterocycles. The Hall–Kier alpha value is -2.32. The number of hydrogen-bond donors (Lipinski definition) is 1. The first-order valence-electron chi connectivity index (χ1n) is 8.26. The molecule has 0 spiro atoms. The van der Waals surface area contributed by atoms with Gasteiger partial charge in [-0.25, -0.2) is 0 Å². The van der Waals surface area contributed by atoms with Crippen LogP contribution in [0, 0.1) is 0 Å². The van der Waals surface area contributed by atoms with Crippen LogP contribution in [0.15, 0.2) is 47.1 Å². The SMILES string of the molecule is O=C(NCC(c1ccco1)N1CCOCC1)c1cccc(C(F)(F)F)c1. The molecule has 8 heteroatoms. The second-order valence-electron chi connectivity index (χ2n) is 5.97. The van der Waals surface area contributed by atoms with Crippen LogP contribution in [0.3, 0.4) is 0 Å². The van der Waals surface area contributed by atoms with Gasteiger partial charge in [0, 0.05) is 25.2 Å². The topological polar surface area (TPSA) is 54.7 Å². The van der Waals surface area contributed by atoms with Gasteiger partial charge in [0.15, 0.2) is 0 Å². The maximum atomic E-state index is 12.8. The fourth-order valence-corrected chi connectivity index (χ4v) is 2.91. The molecule has 140 valence electrons. The van der Waals surface area contributed by atoms with Gasteiger partial charge < -0.3 is 14.5 Å². The molecule has 0 aliphatic carbocycles. The molecule has 0 bridgehead atoms. The second-order valence-corrected chi connectivity index (χ2v) is 5.97. The van der Waals surface area contributed by atoms with Crippen LogP contribution >= 0.6 is 0 Å². The number of nitrogens with zero attached hydrogens (tertiary/aromatic N) is 1. The lowest BCUT2D eigenvalue weighted by Gasteiger charge is -2.33. The van der Waals surface area contributed by atoms with Crippen molar-refractivity contribution >= 4 is 5.91 Å². The molecule has 1 amide bonds. The number of amides is 1. The largest absolute Gasteiger partial charge is 0.468 e. The standard InChI is InChI=1S/C18H19F3N2O3/c19-18(20,21)14-4-1-3-13(11-14)17(24)22-12-15(16-5-2-8-26-16)23-6-9-25-10-7-23/h1-5,8,11,15H,6-7,9-10,12H2,(H,22,24). The van der Waals surface area contributed by atoms with E-state index in [-0.39, 0.29) is 18.2 Å². The highest BCUT2D eigenvalue weighted by Gasteiger charge is 2.31. The average molecular weight is 368 g/mol. The zero-order valence-electron chi connectivity index (χ0n) is 14.0. The van der Waals surface area contributed by atoms with Gasteiger partial charge in [0.05, 0.1) is 31.1 Å². The molecule has 1 aliphatic heterocycles. The molecule has 1 N–H and O–H groups in total. The summed E-state index contributed by atoms with van der Waals surface area (Å²) < 4.78 is 49.2. The lowest BCUT2D eigenvalue weighted by molar-refractivity contribution is -0.137. The van der Waals surface area contributed by atoms with E-state index in [9.17, 15) is 18.0 Å². The number of halogens is 3. The first kappa shape index (κ1) is 18.5. The zero-order valence-corrected chi connectivity index (χ0v) is 14.0. The van der Waals surface area contributed by atoms with Crippen LogP contribution in [-0.2, 0) is 10.9 Å².